The minimum atomic E-state index is 0.380. The Bertz CT molecular complexity index is 299. The first-order valence-corrected chi connectivity index (χ1v) is 6.55. The van der Waals surface area contributed by atoms with Crippen LogP contribution in [0.25, 0.3) is 0 Å². The van der Waals surface area contributed by atoms with Crippen LogP contribution in [-0.2, 0) is 6.54 Å². The predicted octanol–water partition coefficient (Wildman–Crippen LogP) is 3.83. The third kappa shape index (κ3) is 3.62. The largest absolute Gasteiger partial charge is 0.311 e. The van der Waals surface area contributed by atoms with E-state index in [0.29, 0.717) is 5.41 Å². The van der Waals surface area contributed by atoms with Crippen LogP contribution >= 0.6 is 11.3 Å². The highest BCUT2D eigenvalue weighted by Gasteiger charge is 2.21. The van der Waals surface area contributed by atoms with E-state index >= 15 is 0 Å². The van der Waals surface area contributed by atoms with Crippen molar-refractivity contribution in [2.24, 2.45) is 11.3 Å². The molecule has 0 saturated heterocycles. The predicted molar refractivity (Wildman–Crippen MR) is 69.4 cm³/mol. The van der Waals surface area contributed by atoms with Crippen LogP contribution in [-0.4, -0.2) is 6.54 Å². The summed E-state index contributed by atoms with van der Waals surface area (Å²) in [5.74, 6) is 0.717. The normalized spacial score (nSPS) is 12.4. The van der Waals surface area contributed by atoms with Crippen molar-refractivity contribution in [1.82, 2.24) is 5.32 Å². The van der Waals surface area contributed by atoms with Crippen molar-refractivity contribution in [2.45, 2.75) is 41.2 Å². The number of hydrogen-bond donors (Lipinski definition) is 1. The molecule has 0 saturated carbocycles. The molecule has 0 atom stereocenters. The summed E-state index contributed by atoms with van der Waals surface area (Å²) in [4.78, 5) is 1.47. The summed E-state index contributed by atoms with van der Waals surface area (Å²) in [6, 6.07) is 2.19. The van der Waals surface area contributed by atoms with E-state index in [0.717, 1.165) is 19.0 Å². The molecule has 0 aliphatic heterocycles. The molecule has 0 amide bonds. The zero-order chi connectivity index (χ0) is 11.5. The first-order chi connectivity index (χ1) is 6.93. The number of aryl methyl sites for hydroxylation is 1. The Hall–Kier alpha value is -0.340. The van der Waals surface area contributed by atoms with E-state index in [1.807, 2.05) is 11.3 Å². The van der Waals surface area contributed by atoms with Crippen LogP contribution < -0.4 is 5.32 Å². The fourth-order valence-corrected chi connectivity index (χ4v) is 2.16. The average Bonchev–Trinajstić information content (AvgIpc) is 2.51. The summed E-state index contributed by atoms with van der Waals surface area (Å²) in [5.41, 5.74) is 1.79. The summed E-state index contributed by atoms with van der Waals surface area (Å²) < 4.78 is 0. The Labute approximate surface area is 97.9 Å². The Balaban J connectivity index is 2.37. The highest BCUT2D eigenvalue weighted by atomic mass is 32.1. The minimum Gasteiger partial charge on any atom is -0.311 e. The Morgan fingerprint density at radius 3 is 2.53 bits per heavy atom. The molecule has 86 valence electrons. The number of nitrogens with one attached hydrogen (secondary N) is 1. The van der Waals surface area contributed by atoms with Crippen LogP contribution in [0.5, 0.6) is 0 Å². The van der Waals surface area contributed by atoms with Gasteiger partial charge in [-0.3, -0.25) is 0 Å². The molecule has 0 aliphatic rings. The minimum absolute atomic E-state index is 0.380. The highest BCUT2D eigenvalue weighted by Crippen LogP contribution is 2.25. The van der Waals surface area contributed by atoms with Gasteiger partial charge in [-0.25, -0.2) is 0 Å². The van der Waals surface area contributed by atoms with Crippen molar-refractivity contribution in [1.29, 1.82) is 0 Å². The molecule has 0 unspecified atom stereocenters. The van der Waals surface area contributed by atoms with Gasteiger partial charge in [0.25, 0.3) is 0 Å². The molecular weight excluding hydrogens is 202 g/mol. The number of rotatable bonds is 5. The molecule has 0 fully saturated rings. The van der Waals surface area contributed by atoms with Gasteiger partial charge in [0.1, 0.15) is 0 Å². The van der Waals surface area contributed by atoms with Gasteiger partial charge in [-0.15, -0.1) is 11.3 Å². The molecule has 1 aromatic heterocycles. The van der Waals surface area contributed by atoms with Crippen molar-refractivity contribution in [3.63, 3.8) is 0 Å². The summed E-state index contributed by atoms with van der Waals surface area (Å²) in [6.07, 6.45) is 0. The molecule has 1 aromatic rings. The van der Waals surface area contributed by atoms with E-state index in [1.54, 1.807) is 0 Å². The van der Waals surface area contributed by atoms with Crippen molar-refractivity contribution in [2.75, 3.05) is 6.54 Å². The summed E-state index contributed by atoms with van der Waals surface area (Å²) in [6.45, 7) is 13.5. The molecule has 1 nitrogen and oxygen atoms in total. The Morgan fingerprint density at radius 2 is 2.07 bits per heavy atom. The third-order valence-corrected chi connectivity index (χ3v) is 4.42. The van der Waals surface area contributed by atoms with E-state index in [9.17, 15) is 0 Å². The molecule has 1 rings (SSSR count). The fraction of sp³-hybridized carbons (Fsp3) is 0.692. The molecule has 0 spiro atoms. The van der Waals surface area contributed by atoms with Gasteiger partial charge >= 0.3 is 0 Å². The second-order valence-electron chi connectivity index (χ2n) is 5.27. The van der Waals surface area contributed by atoms with E-state index in [4.69, 9.17) is 0 Å². The molecule has 0 bridgehead atoms. The number of hydrogen-bond acceptors (Lipinski definition) is 2. The van der Waals surface area contributed by atoms with Crippen LogP contribution in [0.3, 0.4) is 0 Å². The van der Waals surface area contributed by atoms with Crippen molar-refractivity contribution in [3.05, 3.63) is 21.9 Å². The summed E-state index contributed by atoms with van der Waals surface area (Å²) >= 11 is 1.85. The smallest absolute Gasteiger partial charge is 0.0302 e. The van der Waals surface area contributed by atoms with Crippen LogP contribution in [0.4, 0.5) is 0 Å². The van der Waals surface area contributed by atoms with Gasteiger partial charge in [-0.1, -0.05) is 27.7 Å². The lowest BCUT2D eigenvalue weighted by molar-refractivity contribution is 0.238. The maximum absolute atomic E-state index is 3.56. The van der Waals surface area contributed by atoms with Gasteiger partial charge in [0, 0.05) is 18.0 Å². The maximum atomic E-state index is 3.56. The Morgan fingerprint density at radius 1 is 1.40 bits per heavy atom. The standard InChI is InChI=1S/C13H23NS/c1-10(2)13(4,5)9-14-8-12-11(3)6-7-15-12/h6-7,10,14H,8-9H2,1-5H3. The molecule has 1 N–H and O–H groups in total. The fourth-order valence-electron chi connectivity index (χ4n) is 1.29. The van der Waals surface area contributed by atoms with E-state index in [1.165, 1.54) is 10.4 Å². The Kier molecular flexibility index (Phi) is 4.35. The molecule has 0 aliphatic carbocycles. The van der Waals surface area contributed by atoms with Crippen LogP contribution in [0.1, 0.15) is 38.1 Å². The van der Waals surface area contributed by atoms with Gasteiger partial charge in [-0.05, 0) is 35.3 Å². The lowest BCUT2D eigenvalue weighted by Gasteiger charge is -2.29. The van der Waals surface area contributed by atoms with Crippen LogP contribution in [0.2, 0.25) is 0 Å². The number of thiophene rings is 1. The molecule has 1 heterocycles. The SMILES string of the molecule is Cc1ccsc1CNCC(C)(C)C(C)C. The first kappa shape index (κ1) is 12.7. The van der Waals surface area contributed by atoms with Crippen LogP contribution in [0.15, 0.2) is 11.4 Å². The van der Waals surface area contributed by atoms with Gasteiger partial charge in [0.05, 0.1) is 0 Å². The van der Waals surface area contributed by atoms with Gasteiger partial charge in [0.2, 0.25) is 0 Å². The average molecular weight is 225 g/mol. The molecule has 0 radical (unpaired) electrons. The van der Waals surface area contributed by atoms with E-state index in [2.05, 4.69) is 51.4 Å². The van der Waals surface area contributed by atoms with Gasteiger partial charge < -0.3 is 5.32 Å². The maximum Gasteiger partial charge on any atom is 0.0302 e. The molecule has 0 aromatic carbocycles. The zero-order valence-corrected chi connectivity index (χ0v) is 11.4. The quantitative estimate of drug-likeness (QED) is 0.803. The topological polar surface area (TPSA) is 12.0 Å². The van der Waals surface area contributed by atoms with Crippen LogP contribution in [0, 0.1) is 18.3 Å². The van der Waals surface area contributed by atoms with Gasteiger partial charge in [-0.2, -0.15) is 0 Å². The first-order valence-electron chi connectivity index (χ1n) is 5.67. The van der Waals surface area contributed by atoms with Crippen molar-refractivity contribution in [3.8, 4) is 0 Å². The molecule has 2 heteroatoms. The highest BCUT2D eigenvalue weighted by molar-refractivity contribution is 7.10. The second kappa shape index (κ2) is 5.13. The summed E-state index contributed by atoms with van der Waals surface area (Å²) in [5, 5.41) is 5.73. The van der Waals surface area contributed by atoms with Crippen molar-refractivity contribution < 1.29 is 0 Å². The van der Waals surface area contributed by atoms with Gasteiger partial charge in [0.15, 0.2) is 0 Å². The monoisotopic (exact) mass is 225 g/mol. The third-order valence-electron chi connectivity index (χ3n) is 3.40. The zero-order valence-electron chi connectivity index (χ0n) is 10.6. The van der Waals surface area contributed by atoms with E-state index in [-0.39, 0.29) is 0 Å². The lowest BCUT2D eigenvalue weighted by Crippen LogP contribution is -2.33. The molecule has 15 heavy (non-hydrogen) atoms. The van der Waals surface area contributed by atoms with E-state index < -0.39 is 0 Å². The second-order valence-corrected chi connectivity index (χ2v) is 6.27. The molecular formula is C13H23NS. The lowest BCUT2D eigenvalue weighted by atomic mass is 9.81. The van der Waals surface area contributed by atoms with Crippen molar-refractivity contribution >= 4 is 11.3 Å². The summed E-state index contributed by atoms with van der Waals surface area (Å²) in [7, 11) is 0.